The summed E-state index contributed by atoms with van der Waals surface area (Å²) < 4.78 is 2.03. The van der Waals surface area contributed by atoms with E-state index in [0.717, 1.165) is 20.1 Å². The Labute approximate surface area is 147 Å². The third-order valence-electron chi connectivity index (χ3n) is 3.15. The lowest BCUT2D eigenvalue weighted by Gasteiger charge is -2.00. The van der Waals surface area contributed by atoms with Crippen LogP contribution in [0.2, 0.25) is 0 Å². The Hall–Kier alpha value is -2.38. The van der Waals surface area contributed by atoms with Crippen LogP contribution in [-0.4, -0.2) is 22.5 Å². The lowest BCUT2D eigenvalue weighted by Crippen LogP contribution is -2.16. The van der Waals surface area contributed by atoms with Crippen molar-refractivity contribution >= 4 is 45.1 Å². The number of carbonyl (C=O) groups excluding carboxylic acids is 1. The summed E-state index contributed by atoms with van der Waals surface area (Å²) in [6.45, 7) is 1.95. The van der Waals surface area contributed by atoms with E-state index in [0.29, 0.717) is 11.3 Å². The van der Waals surface area contributed by atoms with Gasteiger partial charge in [0.25, 0.3) is 0 Å². The molecule has 0 aliphatic rings. The highest BCUT2D eigenvalue weighted by Gasteiger charge is 2.08. The Kier molecular flexibility index (Phi) is 5.12. The van der Waals surface area contributed by atoms with Crippen molar-refractivity contribution in [1.29, 1.82) is 0 Å². The van der Waals surface area contributed by atoms with Gasteiger partial charge in [-0.2, -0.15) is 0 Å². The summed E-state index contributed by atoms with van der Waals surface area (Å²) in [6.07, 6.45) is 0. The van der Waals surface area contributed by atoms with Gasteiger partial charge in [0.05, 0.1) is 21.5 Å². The molecular weight excluding hydrogens is 342 g/mol. The van der Waals surface area contributed by atoms with Crippen LogP contribution in [-0.2, 0) is 4.84 Å². The predicted molar refractivity (Wildman–Crippen MR) is 98.6 cm³/mol. The van der Waals surface area contributed by atoms with E-state index >= 15 is 0 Å². The van der Waals surface area contributed by atoms with Gasteiger partial charge in [-0.15, -0.1) is 11.3 Å². The molecular formula is C17H15N3O2S2. The molecule has 7 heteroatoms. The second-order valence-electron chi connectivity index (χ2n) is 5.06. The van der Waals surface area contributed by atoms with Crippen LogP contribution in [0.25, 0.3) is 10.2 Å². The van der Waals surface area contributed by atoms with E-state index in [-0.39, 0.29) is 5.84 Å². The maximum absolute atomic E-state index is 11.9. The molecule has 1 aromatic heterocycles. The number of aryl methyl sites for hydroxylation is 1. The molecule has 0 fully saturated rings. The molecule has 0 saturated heterocycles. The molecule has 2 N–H and O–H groups in total. The summed E-state index contributed by atoms with van der Waals surface area (Å²) >= 11 is 3.06. The molecule has 2 aromatic carbocycles. The van der Waals surface area contributed by atoms with E-state index < -0.39 is 5.97 Å². The second kappa shape index (κ2) is 7.46. The van der Waals surface area contributed by atoms with Crippen LogP contribution in [0.15, 0.2) is 58.0 Å². The van der Waals surface area contributed by atoms with Gasteiger partial charge < -0.3 is 10.6 Å². The first-order valence-electron chi connectivity index (χ1n) is 7.20. The molecule has 0 amide bonds. The third kappa shape index (κ3) is 4.12. The summed E-state index contributed by atoms with van der Waals surface area (Å²) in [4.78, 5) is 21.2. The van der Waals surface area contributed by atoms with Crippen LogP contribution >= 0.6 is 23.1 Å². The standard InChI is InChI=1S/C17H15N3O2S2/c1-11-6-8-12(9-7-11)16(21)22-20-15(18)10-23-17-19-13-4-2-3-5-14(13)24-17/h2-9H,10H2,1H3,(H2,18,20). The number of nitrogens with two attached hydrogens (primary N) is 1. The molecule has 5 nitrogen and oxygen atoms in total. The van der Waals surface area contributed by atoms with E-state index in [4.69, 9.17) is 10.6 Å². The lowest BCUT2D eigenvalue weighted by atomic mass is 10.2. The molecule has 0 aliphatic carbocycles. The van der Waals surface area contributed by atoms with Crippen molar-refractivity contribution in [2.45, 2.75) is 11.3 Å². The number of amidine groups is 1. The topological polar surface area (TPSA) is 77.6 Å². The number of hydrogen-bond donors (Lipinski definition) is 1. The quantitative estimate of drug-likeness (QED) is 0.247. The van der Waals surface area contributed by atoms with Crippen LogP contribution in [0.1, 0.15) is 15.9 Å². The van der Waals surface area contributed by atoms with Crippen LogP contribution in [0, 0.1) is 6.92 Å². The van der Waals surface area contributed by atoms with Crippen LogP contribution in [0.3, 0.4) is 0 Å². The predicted octanol–water partition coefficient (Wildman–Crippen LogP) is 3.83. The highest BCUT2D eigenvalue weighted by atomic mass is 32.2. The minimum absolute atomic E-state index is 0.236. The fraction of sp³-hybridized carbons (Fsp3) is 0.118. The summed E-state index contributed by atoms with van der Waals surface area (Å²) in [6, 6.07) is 15.0. The van der Waals surface area contributed by atoms with Gasteiger partial charge in [0.15, 0.2) is 10.2 Å². The molecule has 3 aromatic rings. The molecule has 0 atom stereocenters. The largest absolute Gasteiger partial charge is 0.384 e. The number of oxime groups is 1. The average Bonchev–Trinajstić information content (AvgIpc) is 3.01. The average molecular weight is 357 g/mol. The van der Waals surface area contributed by atoms with Crippen molar-refractivity contribution in [1.82, 2.24) is 4.98 Å². The molecule has 1 heterocycles. The molecule has 0 saturated carbocycles. The fourth-order valence-electron chi connectivity index (χ4n) is 1.92. The van der Waals surface area contributed by atoms with Gasteiger partial charge in [0, 0.05) is 0 Å². The van der Waals surface area contributed by atoms with Crippen LogP contribution in [0.5, 0.6) is 0 Å². The van der Waals surface area contributed by atoms with Gasteiger partial charge in [0.2, 0.25) is 0 Å². The zero-order valence-electron chi connectivity index (χ0n) is 12.9. The second-order valence-corrected chi connectivity index (χ2v) is 7.32. The number of fused-ring (bicyclic) bond motifs is 1. The maximum Gasteiger partial charge on any atom is 0.365 e. The van der Waals surface area contributed by atoms with Crippen molar-refractivity contribution < 1.29 is 9.63 Å². The van der Waals surface area contributed by atoms with Crippen molar-refractivity contribution in [2.24, 2.45) is 10.9 Å². The van der Waals surface area contributed by atoms with Gasteiger partial charge in [-0.25, -0.2) is 9.78 Å². The monoisotopic (exact) mass is 357 g/mol. The van der Waals surface area contributed by atoms with E-state index in [1.807, 2.05) is 43.3 Å². The Bertz CT molecular complexity index is 855. The maximum atomic E-state index is 11.9. The summed E-state index contributed by atoms with van der Waals surface area (Å²) in [5.74, 6) is 0.115. The zero-order chi connectivity index (χ0) is 16.9. The number of hydrogen-bond acceptors (Lipinski definition) is 6. The fourth-order valence-corrected chi connectivity index (χ4v) is 3.78. The number of rotatable bonds is 5. The van der Waals surface area contributed by atoms with Crippen LogP contribution in [0.4, 0.5) is 0 Å². The molecule has 0 bridgehead atoms. The number of para-hydroxylation sites is 1. The lowest BCUT2D eigenvalue weighted by molar-refractivity contribution is 0.0515. The molecule has 3 rings (SSSR count). The Morgan fingerprint density at radius 1 is 1.25 bits per heavy atom. The van der Waals surface area contributed by atoms with Crippen molar-refractivity contribution in [3.63, 3.8) is 0 Å². The normalized spacial score (nSPS) is 11.6. The zero-order valence-corrected chi connectivity index (χ0v) is 14.6. The number of aromatic nitrogens is 1. The summed E-state index contributed by atoms with van der Waals surface area (Å²) in [5.41, 5.74) is 8.27. The molecule has 0 unspecified atom stereocenters. The molecule has 0 aliphatic heterocycles. The number of nitrogens with zero attached hydrogens (tertiary/aromatic N) is 2. The number of thiazole rings is 1. The number of benzene rings is 2. The Balaban J connectivity index is 1.56. The van der Waals surface area contributed by atoms with E-state index in [1.54, 1.807) is 23.5 Å². The minimum Gasteiger partial charge on any atom is -0.384 e. The van der Waals surface area contributed by atoms with E-state index in [2.05, 4.69) is 10.1 Å². The van der Waals surface area contributed by atoms with Crippen molar-refractivity contribution in [3.8, 4) is 0 Å². The first kappa shape index (κ1) is 16.5. The first-order valence-corrected chi connectivity index (χ1v) is 9.01. The van der Waals surface area contributed by atoms with Gasteiger partial charge in [0.1, 0.15) is 0 Å². The van der Waals surface area contributed by atoms with Crippen molar-refractivity contribution in [3.05, 3.63) is 59.7 Å². The van der Waals surface area contributed by atoms with Gasteiger partial charge >= 0.3 is 5.97 Å². The highest BCUT2D eigenvalue weighted by Crippen LogP contribution is 2.29. The third-order valence-corrected chi connectivity index (χ3v) is 5.36. The molecule has 0 radical (unpaired) electrons. The number of thioether (sulfide) groups is 1. The smallest absolute Gasteiger partial charge is 0.365 e. The Morgan fingerprint density at radius 3 is 2.75 bits per heavy atom. The van der Waals surface area contributed by atoms with Crippen molar-refractivity contribution in [2.75, 3.05) is 5.75 Å². The highest BCUT2D eigenvalue weighted by molar-refractivity contribution is 8.01. The van der Waals surface area contributed by atoms with Gasteiger partial charge in [-0.1, -0.05) is 46.7 Å². The van der Waals surface area contributed by atoms with Crippen LogP contribution < -0.4 is 5.73 Å². The number of carbonyl (C=O) groups is 1. The summed E-state index contributed by atoms with van der Waals surface area (Å²) in [7, 11) is 0. The molecule has 24 heavy (non-hydrogen) atoms. The SMILES string of the molecule is Cc1ccc(C(=O)O/N=C(\N)CSc2nc3ccccc3s2)cc1. The summed E-state index contributed by atoms with van der Waals surface area (Å²) in [5, 5.41) is 3.69. The first-order chi connectivity index (χ1) is 11.6. The van der Waals surface area contributed by atoms with Gasteiger partial charge in [-0.05, 0) is 31.2 Å². The molecule has 0 spiro atoms. The van der Waals surface area contributed by atoms with Gasteiger partial charge in [-0.3, -0.25) is 0 Å². The van der Waals surface area contributed by atoms with E-state index in [9.17, 15) is 4.79 Å². The van der Waals surface area contributed by atoms with E-state index in [1.165, 1.54) is 11.8 Å². The molecule has 122 valence electrons. The minimum atomic E-state index is -0.525. The Morgan fingerprint density at radius 2 is 2.00 bits per heavy atom.